The molecule has 0 saturated carbocycles. The molecule has 0 saturated heterocycles. The molecule has 1 amide bonds. The summed E-state index contributed by atoms with van der Waals surface area (Å²) in [6.45, 7) is 0. The number of benzene rings is 2. The van der Waals surface area contributed by atoms with E-state index in [1.807, 2.05) is 0 Å². The molecule has 0 aromatic heterocycles. The Morgan fingerprint density at radius 2 is 1.77 bits per heavy atom. The summed E-state index contributed by atoms with van der Waals surface area (Å²) in [4.78, 5) is 12.0. The average molecular weight is 301 g/mol. The summed E-state index contributed by atoms with van der Waals surface area (Å²) in [5.74, 6) is 0.273. The van der Waals surface area contributed by atoms with Gasteiger partial charge in [0.05, 0.1) is 14.2 Å². The van der Waals surface area contributed by atoms with Crippen LogP contribution in [0, 0.1) is 5.82 Å². The summed E-state index contributed by atoms with van der Waals surface area (Å²) < 4.78 is 24.7. The van der Waals surface area contributed by atoms with E-state index in [1.54, 1.807) is 37.4 Å². The van der Waals surface area contributed by atoms with Crippen LogP contribution in [0.5, 0.6) is 11.5 Å². The maximum atomic E-state index is 14.1. The lowest BCUT2D eigenvalue weighted by atomic mass is 9.84. The van der Waals surface area contributed by atoms with E-state index >= 15 is 0 Å². The molecule has 22 heavy (non-hydrogen) atoms. The highest BCUT2D eigenvalue weighted by atomic mass is 19.1. The van der Waals surface area contributed by atoms with Gasteiger partial charge in [0.2, 0.25) is 5.91 Å². The summed E-state index contributed by atoms with van der Waals surface area (Å²) in [5.41, 5.74) is 1.95. The number of hydrogen-bond acceptors (Lipinski definition) is 3. The van der Waals surface area contributed by atoms with Crippen LogP contribution in [-0.2, 0) is 4.79 Å². The average Bonchev–Trinajstić information content (AvgIpc) is 2.53. The van der Waals surface area contributed by atoms with Gasteiger partial charge in [0.25, 0.3) is 0 Å². The highest BCUT2D eigenvalue weighted by Gasteiger charge is 2.29. The first kappa shape index (κ1) is 14.4. The SMILES string of the molecule is COc1cc2c(cc1OC)C(c1ccccc1F)CC(=O)N2. The molecule has 0 radical (unpaired) electrons. The van der Waals surface area contributed by atoms with E-state index in [-0.39, 0.29) is 24.1 Å². The first-order chi connectivity index (χ1) is 10.6. The fourth-order valence-corrected chi connectivity index (χ4v) is 2.82. The largest absolute Gasteiger partial charge is 0.493 e. The van der Waals surface area contributed by atoms with Gasteiger partial charge in [0.15, 0.2) is 11.5 Å². The molecule has 0 bridgehead atoms. The van der Waals surface area contributed by atoms with E-state index in [2.05, 4.69) is 5.32 Å². The molecule has 2 aromatic rings. The molecular formula is C17H16FNO3. The first-order valence-electron chi connectivity index (χ1n) is 6.94. The van der Waals surface area contributed by atoms with E-state index < -0.39 is 0 Å². The molecule has 0 spiro atoms. The molecule has 5 heteroatoms. The quantitative estimate of drug-likeness (QED) is 0.946. The summed E-state index contributed by atoms with van der Waals surface area (Å²) >= 11 is 0. The van der Waals surface area contributed by atoms with Gasteiger partial charge in [-0.15, -0.1) is 0 Å². The third-order valence-corrected chi connectivity index (χ3v) is 3.88. The van der Waals surface area contributed by atoms with Gasteiger partial charge in [-0.3, -0.25) is 4.79 Å². The van der Waals surface area contributed by atoms with Crippen LogP contribution in [0.25, 0.3) is 0 Å². The maximum Gasteiger partial charge on any atom is 0.225 e. The normalized spacial score (nSPS) is 16.7. The van der Waals surface area contributed by atoms with Crippen molar-refractivity contribution in [1.82, 2.24) is 0 Å². The zero-order valence-corrected chi connectivity index (χ0v) is 12.4. The number of methoxy groups -OCH3 is 2. The molecule has 1 atom stereocenters. The smallest absolute Gasteiger partial charge is 0.225 e. The highest BCUT2D eigenvalue weighted by molar-refractivity contribution is 5.96. The van der Waals surface area contributed by atoms with E-state index in [9.17, 15) is 9.18 Å². The van der Waals surface area contributed by atoms with Crippen molar-refractivity contribution < 1.29 is 18.7 Å². The summed E-state index contributed by atoms with van der Waals surface area (Å²) in [7, 11) is 3.08. The zero-order chi connectivity index (χ0) is 15.7. The van der Waals surface area contributed by atoms with Crippen LogP contribution in [0.3, 0.4) is 0 Å². The van der Waals surface area contributed by atoms with Crippen molar-refractivity contribution in [3.8, 4) is 11.5 Å². The van der Waals surface area contributed by atoms with Crippen molar-refractivity contribution in [2.24, 2.45) is 0 Å². The Bertz CT molecular complexity index is 730. The van der Waals surface area contributed by atoms with Crippen LogP contribution in [-0.4, -0.2) is 20.1 Å². The van der Waals surface area contributed by atoms with Gasteiger partial charge in [0.1, 0.15) is 5.82 Å². The number of amides is 1. The minimum Gasteiger partial charge on any atom is -0.493 e. The number of fused-ring (bicyclic) bond motifs is 1. The maximum absolute atomic E-state index is 14.1. The summed E-state index contributed by atoms with van der Waals surface area (Å²) in [6.07, 6.45) is 0.198. The topological polar surface area (TPSA) is 47.6 Å². The molecule has 1 aliphatic heterocycles. The Balaban J connectivity index is 2.16. The Hall–Kier alpha value is -2.56. The molecule has 114 valence electrons. The lowest BCUT2D eigenvalue weighted by Crippen LogP contribution is -2.24. The second-order valence-corrected chi connectivity index (χ2v) is 5.12. The lowest BCUT2D eigenvalue weighted by molar-refractivity contribution is -0.116. The Labute approximate surface area is 127 Å². The number of halogens is 1. The van der Waals surface area contributed by atoms with Gasteiger partial charge < -0.3 is 14.8 Å². The van der Waals surface area contributed by atoms with Crippen LogP contribution in [0.2, 0.25) is 0 Å². The van der Waals surface area contributed by atoms with Crippen LogP contribution >= 0.6 is 0 Å². The lowest BCUT2D eigenvalue weighted by Gasteiger charge is -2.27. The number of carbonyl (C=O) groups is 1. The molecule has 1 unspecified atom stereocenters. The van der Waals surface area contributed by atoms with E-state index in [4.69, 9.17) is 9.47 Å². The first-order valence-corrected chi connectivity index (χ1v) is 6.94. The van der Waals surface area contributed by atoms with Crippen molar-refractivity contribution in [1.29, 1.82) is 0 Å². The van der Waals surface area contributed by atoms with Crippen molar-refractivity contribution in [2.75, 3.05) is 19.5 Å². The molecule has 0 fully saturated rings. The van der Waals surface area contributed by atoms with Gasteiger partial charge in [0, 0.05) is 24.1 Å². The zero-order valence-electron chi connectivity index (χ0n) is 12.4. The van der Waals surface area contributed by atoms with Gasteiger partial charge >= 0.3 is 0 Å². The monoisotopic (exact) mass is 301 g/mol. The third kappa shape index (κ3) is 2.39. The second kappa shape index (κ2) is 5.67. The fraction of sp³-hybridized carbons (Fsp3) is 0.235. The number of nitrogens with one attached hydrogen (secondary N) is 1. The van der Waals surface area contributed by atoms with E-state index in [0.717, 1.165) is 5.56 Å². The molecular weight excluding hydrogens is 285 g/mol. The number of carbonyl (C=O) groups excluding carboxylic acids is 1. The molecule has 1 N–H and O–H groups in total. The van der Waals surface area contributed by atoms with Gasteiger partial charge in [-0.2, -0.15) is 0 Å². The summed E-state index contributed by atoms with van der Waals surface area (Å²) in [6, 6.07) is 10.0. The number of ether oxygens (including phenoxy) is 2. The molecule has 4 nitrogen and oxygen atoms in total. The molecule has 0 aliphatic carbocycles. The second-order valence-electron chi connectivity index (χ2n) is 5.12. The van der Waals surface area contributed by atoms with Crippen LogP contribution in [0.4, 0.5) is 10.1 Å². The van der Waals surface area contributed by atoms with E-state index in [1.165, 1.54) is 13.2 Å². The molecule has 1 heterocycles. The number of hydrogen-bond donors (Lipinski definition) is 1. The summed E-state index contributed by atoms with van der Waals surface area (Å²) in [5, 5.41) is 2.81. The Kier molecular flexibility index (Phi) is 3.71. The van der Waals surface area contributed by atoms with Crippen molar-refractivity contribution >= 4 is 11.6 Å². The molecule has 3 rings (SSSR count). The van der Waals surface area contributed by atoms with Crippen LogP contribution in [0.15, 0.2) is 36.4 Å². The van der Waals surface area contributed by atoms with Crippen LogP contribution in [0.1, 0.15) is 23.5 Å². The number of anilines is 1. The highest BCUT2D eigenvalue weighted by Crippen LogP contribution is 2.43. The van der Waals surface area contributed by atoms with Gasteiger partial charge in [-0.05, 0) is 23.3 Å². The predicted octanol–water partition coefficient (Wildman–Crippen LogP) is 3.32. The minimum absolute atomic E-state index is 0.145. The Morgan fingerprint density at radius 3 is 2.45 bits per heavy atom. The van der Waals surface area contributed by atoms with Crippen molar-refractivity contribution in [2.45, 2.75) is 12.3 Å². The molecule has 2 aromatic carbocycles. The van der Waals surface area contributed by atoms with Gasteiger partial charge in [-0.1, -0.05) is 18.2 Å². The van der Waals surface area contributed by atoms with Crippen LogP contribution < -0.4 is 14.8 Å². The standard InChI is InChI=1S/C17H16FNO3/c1-21-15-7-12-11(10-5-3-4-6-13(10)18)8-17(20)19-14(12)9-16(15)22-2/h3-7,9,11H,8H2,1-2H3,(H,19,20). The third-order valence-electron chi connectivity index (χ3n) is 3.88. The predicted molar refractivity (Wildman–Crippen MR) is 81.0 cm³/mol. The van der Waals surface area contributed by atoms with Gasteiger partial charge in [-0.25, -0.2) is 4.39 Å². The van der Waals surface area contributed by atoms with Crippen molar-refractivity contribution in [3.63, 3.8) is 0 Å². The fourth-order valence-electron chi connectivity index (χ4n) is 2.82. The minimum atomic E-state index is -0.343. The van der Waals surface area contributed by atoms with Crippen molar-refractivity contribution in [3.05, 3.63) is 53.3 Å². The molecule has 1 aliphatic rings. The number of rotatable bonds is 3. The Morgan fingerprint density at radius 1 is 1.09 bits per heavy atom. The van der Waals surface area contributed by atoms with E-state index in [0.29, 0.717) is 22.7 Å².